The standard InChI is InChI=1S/C2H3OP/c1-2-4-3/h2H,1H2. The van der Waals surface area contributed by atoms with Gasteiger partial charge in [-0.2, -0.15) is 0 Å². The molecule has 0 aromatic rings. The van der Waals surface area contributed by atoms with Crippen molar-refractivity contribution in [3.8, 4) is 0 Å². The van der Waals surface area contributed by atoms with E-state index in [1.54, 1.807) is 0 Å². The molecule has 0 bridgehead atoms. The topological polar surface area (TPSA) is 17.1 Å². The van der Waals surface area contributed by atoms with Crippen LogP contribution in [-0.2, 0) is 4.57 Å². The van der Waals surface area contributed by atoms with Gasteiger partial charge in [0.15, 0.2) is 8.46 Å². The van der Waals surface area contributed by atoms with Crippen LogP contribution in [0.5, 0.6) is 0 Å². The zero-order valence-electron chi connectivity index (χ0n) is 2.14. The maximum atomic E-state index is 9.15. The molecule has 0 saturated carbocycles. The van der Waals surface area contributed by atoms with Crippen LogP contribution in [-0.4, -0.2) is 0 Å². The fraction of sp³-hybridized carbons (Fsp3) is 0. The molecule has 0 unspecified atom stereocenters. The van der Waals surface area contributed by atoms with Gasteiger partial charge < -0.3 is 0 Å². The van der Waals surface area contributed by atoms with Crippen LogP contribution in [0.25, 0.3) is 0 Å². The van der Waals surface area contributed by atoms with Crippen LogP contribution in [0.3, 0.4) is 0 Å². The van der Waals surface area contributed by atoms with E-state index in [0.717, 1.165) is 0 Å². The lowest BCUT2D eigenvalue weighted by molar-refractivity contribution is 0.603. The molecular weight excluding hydrogens is 71.0 g/mol. The van der Waals surface area contributed by atoms with Crippen molar-refractivity contribution in [2.45, 2.75) is 0 Å². The van der Waals surface area contributed by atoms with Crippen molar-refractivity contribution >= 4 is 8.46 Å². The van der Waals surface area contributed by atoms with E-state index in [-0.39, 0.29) is 8.46 Å². The van der Waals surface area contributed by atoms with Gasteiger partial charge in [0.25, 0.3) is 0 Å². The van der Waals surface area contributed by atoms with Crippen LogP contribution >= 0.6 is 8.46 Å². The number of hydrogen-bond acceptors (Lipinski definition) is 1. The van der Waals surface area contributed by atoms with Crippen LogP contribution < -0.4 is 0 Å². The first-order chi connectivity index (χ1) is 1.91. The Labute approximate surface area is 26.5 Å². The van der Waals surface area contributed by atoms with Gasteiger partial charge in [0.2, 0.25) is 0 Å². The number of rotatable bonds is 1. The monoisotopic (exact) mass is 74.0 g/mol. The van der Waals surface area contributed by atoms with Crippen LogP contribution in [0, 0.1) is 0 Å². The van der Waals surface area contributed by atoms with Gasteiger partial charge in [0, 0.05) is 0 Å². The summed E-state index contributed by atoms with van der Waals surface area (Å²) in [6.07, 6.45) is 0. The fourth-order valence-electron chi connectivity index (χ4n) is 0. The van der Waals surface area contributed by atoms with Crippen molar-refractivity contribution in [2.75, 3.05) is 0 Å². The SMILES string of the molecule is C=CP=O. The zero-order chi connectivity index (χ0) is 3.41. The molecule has 0 saturated heterocycles. The number of hydrogen-bond donors (Lipinski definition) is 0. The van der Waals surface area contributed by atoms with Gasteiger partial charge in [0.1, 0.15) is 0 Å². The van der Waals surface area contributed by atoms with Crippen molar-refractivity contribution in [3.63, 3.8) is 0 Å². The summed E-state index contributed by atoms with van der Waals surface area (Å²) in [5.41, 5.74) is 0. The second kappa shape index (κ2) is 2.84. The Morgan fingerprint density at radius 1 is 2.00 bits per heavy atom. The van der Waals surface area contributed by atoms with Crippen molar-refractivity contribution in [1.82, 2.24) is 0 Å². The Morgan fingerprint density at radius 3 is 2.25 bits per heavy atom. The van der Waals surface area contributed by atoms with Gasteiger partial charge in [-0.1, -0.05) is 6.58 Å². The van der Waals surface area contributed by atoms with Gasteiger partial charge in [-0.25, -0.2) is 0 Å². The Balaban J connectivity index is 2.73. The van der Waals surface area contributed by atoms with Crippen LogP contribution in [0.15, 0.2) is 12.4 Å². The lowest BCUT2D eigenvalue weighted by Crippen LogP contribution is -1.02. The predicted molar refractivity (Wildman–Crippen MR) is 17.8 cm³/mol. The molecule has 0 aliphatic carbocycles. The molecule has 1 nitrogen and oxygen atoms in total. The second-order valence-electron chi connectivity index (χ2n) is 0.288. The average Bonchev–Trinajstić information content (AvgIpc) is 1.37. The summed E-state index contributed by atoms with van der Waals surface area (Å²) >= 11 is 0. The van der Waals surface area contributed by atoms with E-state index in [0.29, 0.717) is 0 Å². The Kier molecular flexibility index (Phi) is 2.73. The van der Waals surface area contributed by atoms with E-state index in [4.69, 9.17) is 4.57 Å². The van der Waals surface area contributed by atoms with Gasteiger partial charge in [-0.05, 0) is 5.82 Å². The van der Waals surface area contributed by atoms with E-state index in [1.807, 2.05) is 0 Å². The summed E-state index contributed by atoms with van der Waals surface area (Å²) in [5.74, 6) is 1.29. The molecule has 0 aromatic heterocycles. The summed E-state index contributed by atoms with van der Waals surface area (Å²) in [6, 6.07) is 0. The normalized spacial score (nSPS) is 7.00. The van der Waals surface area contributed by atoms with Crippen LogP contribution in [0.1, 0.15) is 0 Å². The molecule has 0 heterocycles. The predicted octanol–water partition coefficient (Wildman–Crippen LogP) is 1.42. The van der Waals surface area contributed by atoms with Gasteiger partial charge in [-0.3, -0.25) is 4.57 Å². The molecule has 0 fully saturated rings. The zero-order valence-corrected chi connectivity index (χ0v) is 3.03. The second-order valence-corrected chi connectivity index (χ2v) is 0.864. The van der Waals surface area contributed by atoms with Gasteiger partial charge in [-0.15, -0.1) is 0 Å². The van der Waals surface area contributed by atoms with Crippen LogP contribution in [0.4, 0.5) is 0 Å². The van der Waals surface area contributed by atoms with Crippen molar-refractivity contribution in [3.05, 3.63) is 12.4 Å². The Bertz CT molecular complexity index is 27.0. The molecule has 0 spiro atoms. The van der Waals surface area contributed by atoms with Crippen molar-refractivity contribution < 1.29 is 4.57 Å². The Hall–Kier alpha value is -0.160. The highest BCUT2D eigenvalue weighted by molar-refractivity contribution is 7.27. The van der Waals surface area contributed by atoms with Crippen LogP contribution in [0.2, 0.25) is 0 Å². The molecule has 0 amide bonds. The van der Waals surface area contributed by atoms with E-state index >= 15 is 0 Å². The molecular formula is C2H3OP. The summed E-state index contributed by atoms with van der Waals surface area (Å²) in [6.45, 7) is 3.15. The average molecular weight is 74.0 g/mol. The minimum atomic E-state index is 0.0123. The van der Waals surface area contributed by atoms with Gasteiger partial charge >= 0.3 is 0 Å². The highest BCUT2D eigenvalue weighted by atomic mass is 31.1. The largest absolute Gasteiger partial charge is 0.270 e. The molecule has 0 atom stereocenters. The lowest BCUT2D eigenvalue weighted by atomic mass is 11.3. The first kappa shape index (κ1) is 3.84. The quantitative estimate of drug-likeness (QED) is 0.430. The minimum absolute atomic E-state index is 0.0123. The molecule has 0 radical (unpaired) electrons. The first-order valence-electron chi connectivity index (χ1n) is 0.849. The third kappa shape index (κ3) is 1.84. The van der Waals surface area contributed by atoms with E-state index in [2.05, 4.69) is 6.58 Å². The first-order valence-corrected chi connectivity index (χ1v) is 1.73. The third-order valence-electron chi connectivity index (χ3n) is 0.0745. The Morgan fingerprint density at radius 2 is 2.25 bits per heavy atom. The molecule has 2 heteroatoms. The summed E-state index contributed by atoms with van der Waals surface area (Å²) in [5, 5.41) is 0. The fourth-order valence-corrected chi connectivity index (χ4v) is 0. The van der Waals surface area contributed by atoms with Gasteiger partial charge in [0.05, 0.1) is 0 Å². The smallest absolute Gasteiger partial charge is 0.183 e. The molecule has 4 heavy (non-hydrogen) atoms. The lowest BCUT2D eigenvalue weighted by Gasteiger charge is -1.34. The van der Waals surface area contributed by atoms with E-state index in [9.17, 15) is 0 Å². The van der Waals surface area contributed by atoms with Crippen molar-refractivity contribution in [2.24, 2.45) is 0 Å². The maximum absolute atomic E-state index is 9.15. The highest BCUT2D eigenvalue weighted by Crippen LogP contribution is 1.84. The third-order valence-corrected chi connectivity index (χ3v) is 0.224. The molecule has 0 aliphatic heterocycles. The van der Waals surface area contributed by atoms with E-state index in [1.165, 1.54) is 5.82 Å². The van der Waals surface area contributed by atoms with Crippen molar-refractivity contribution in [1.29, 1.82) is 0 Å². The highest BCUT2D eigenvalue weighted by Gasteiger charge is 1.41. The maximum Gasteiger partial charge on any atom is 0.183 e. The summed E-state index contributed by atoms with van der Waals surface area (Å²) in [4.78, 5) is 0. The molecule has 22 valence electrons. The molecule has 0 rings (SSSR count). The molecule has 0 aromatic carbocycles. The van der Waals surface area contributed by atoms with E-state index < -0.39 is 0 Å². The summed E-state index contributed by atoms with van der Waals surface area (Å²) in [7, 11) is 0.0123. The summed E-state index contributed by atoms with van der Waals surface area (Å²) < 4.78 is 9.15. The minimum Gasteiger partial charge on any atom is -0.270 e. The molecule has 0 N–H and O–H groups in total. The molecule has 0 aliphatic rings.